The standard InChI is InChI=1S/C16H16BrClFNO/c1-2-7-21-16-6-3-12(17)8-11(16)10-20-15-5-4-13(18)9-14(15)19/h3-6,8-9,20H,2,7,10H2,1H3. The van der Waals surface area contributed by atoms with Gasteiger partial charge in [0, 0.05) is 21.6 Å². The third-order valence-electron chi connectivity index (χ3n) is 2.88. The number of ether oxygens (including phenoxy) is 1. The van der Waals surface area contributed by atoms with Gasteiger partial charge in [-0.15, -0.1) is 0 Å². The lowest BCUT2D eigenvalue weighted by Crippen LogP contribution is -2.05. The van der Waals surface area contributed by atoms with Crippen LogP contribution in [0.25, 0.3) is 0 Å². The molecule has 112 valence electrons. The van der Waals surface area contributed by atoms with Crippen LogP contribution in [0.5, 0.6) is 5.75 Å². The van der Waals surface area contributed by atoms with Crippen molar-refractivity contribution in [2.45, 2.75) is 19.9 Å². The molecule has 0 atom stereocenters. The lowest BCUT2D eigenvalue weighted by molar-refractivity contribution is 0.314. The average molecular weight is 373 g/mol. The molecule has 21 heavy (non-hydrogen) atoms. The Morgan fingerprint density at radius 2 is 2.05 bits per heavy atom. The molecule has 0 saturated carbocycles. The minimum atomic E-state index is -0.367. The van der Waals surface area contributed by atoms with Crippen LogP contribution in [0.3, 0.4) is 0 Å². The zero-order chi connectivity index (χ0) is 15.2. The van der Waals surface area contributed by atoms with E-state index in [0.717, 1.165) is 22.2 Å². The summed E-state index contributed by atoms with van der Waals surface area (Å²) in [7, 11) is 0. The second-order valence-electron chi connectivity index (χ2n) is 4.58. The van der Waals surface area contributed by atoms with Gasteiger partial charge in [-0.25, -0.2) is 4.39 Å². The maximum atomic E-state index is 13.7. The molecule has 0 saturated heterocycles. The molecule has 0 amide bonds. The molecule has 5 heteroatoms. The Kier molecular flexibility index (Phi) is 5.88. The molecule has 2 aromatic carbocycles. The molecule has 0 spiro atoms. The van der Waals surface area contributed by atoms with E-state index in [0.29, 0.717) is 23.9 Å². The Morgan fingerprint density at radius 3 is 2.76 bits per heavy atom. The first-order chi connectivity index (χ1) is 10.1. The van der Waals surface area contributed by atoms with Crippen molar-refractivity contribution in [3.8, 4) is 5.75 Å². The molecule has 2 rings (SSSR count). The number of anilines is 1. The van der Waals surface area contributed by atoms with Gasteiger partial charge in [-0.1, -0.05) is 34.5 Å². The first-order valence-corrected chi connectivity index (χ1v) is 7.87. The lowest BCUT2D eigenvalue weighted by atomic mass is 10.2. The highest BCUT2D eigenvalue weighted by Gasteiger charge is 2.07. The molecule has 0 radical (unpaired) electrons. The first kappa shape index (κ1) is 16.1. The SMILES string of the molecule is CCCOc1ccc(Br)cc1CNc1ccc(Cl)cc1F. The van der Waals surface area contributed by atoms with Crippen molar-refractivity contribution in [3.63, 3.8) is 0 Å². The first-order valence-electron chi connectivity index (χ1n) is 6.70. The van der Waals surface area contributed by atoms with E-state index in [2.05, 4.69) is 28.2 Å². The zero-order valence-electron chi connectivity index (χ0n) is 11.6. The molecular weight excluding hydrogens is 357 g/mol. The van der Waals surface area contributed by atoms with Gasteiger partial charge in [0.15, 0.2) is 0 Å². The maximum Gasteiger partial charge on any atom is 0.147 e. The minimum Gasteiger partial charge on any atom is -0.493 e. The Hall–Kier alpha value is -1.26. The number of halogens is 3. The summed E-state index contributed by atoms with van der Waals surface area (Å²) in [6.45, 7) is 3.18. The van der Waals surface area contributed by atoms with E-state index in [1.165, 1.54) is 6.07 Å². The van der Waals surface area contributed by atoms with Crippen LogP contribution in [0, 0.1) is 5.82 Å². The van der Waals surface area contributed by atoms with Crippen LogP contribution in [-0.4, -0.2) is 6.61 Å². The zero-order valence-corrected chi connectivity index (χ0v) is 14.0. The van der Waals surface area contributed by atoms with Gasteiger partial charge >= 0.3 is 0 Å². The van der Waals surface area contributed by atoms with Crippen LogP contribution in [0.2, 0.25) is 5.02 Å². The molecule has 1 N–H and O–H groups in total. The lowest BCUT2D eigenvalue weighted by Gasteiger charge is -2.13. The van der Waals surface area contributed by atoms with Crippen LogP contribution in [0.4, 0.5) is 10.1 Å². The van der Waals surface area contributed by atoms with Crippen LogP contribution in [0.1, 0.15) is 18.9 Å². The Balaban J connectivity index is 2.12. The molecular formula is C16H16BrClFNO. The quantitative estimate of drug-likeness (QED) is 0.708. The second kappa shape index (κ2) is 7.66. The van der Waals surface area contributed by atoms with Gasteiger partial charge < -0.3 is 10.1 Å². The van der Waals surface area contributed by atoms with E-state index in [-0.39, 0.29) is 5.82 Å². The normalized spacial score (nSPS) is 10.5. The summed E-state index contributed by atoms with van der Waals surface area (Å²) in [5.41, 5.74) is 1.38. The molecule has 0 unspecified atom stereocenters. The Morgan fingerprint density at radius 1 is 1.24 bits per heavy atom. The smallest absolute Gasteiger partial charge is 0.147 e. The van der Waals surface area contributed by atoms with Crippen LogP contribution < -0.4 is 10.1 Å². The molecule has 0 aliphatic rings. The molecule has 2 aromatic rings. The van der Waals surface area contributed by atoms with Gasteiger partial charge in [0.25, 0.3) is 0 Å². The molecule has 0 bridgehead atoms. The van der Waals surface area contributed by atoms with E-state index in [1.54, 1.807) is 12.1 Å². The van der Waals surface area contributed by atoms with Crippen LogP contribution >= 0.6 is 27.5 Å². The van der Waals surface area contributed by atoms with Crippen molar-refractivity contribution in [1.82, 2.24) is 0 Å². The van der Waals surface area contributed by atoms with E-state index in [4.69, 9.17) is 16.3 Å². The number of rotatable bonds is 6. The third kappa shape index (κ3) is 4.61. The van der Waals surface area contributed by atoms with Gasteiger partial charge in [-0.05, 0) is 42.8 Å². The summed E-state index contributed by atoms with van der Waals surface area (Å²) in [6.07, 6.45) is 0.939. The molecule has 2 nitrogen and oxygen atoms in total. The minimum absolute atomic E-state index is 0.367. The predicted octanol–water partition coefficient (Wildman–Crippen LogP) is 5.64. The van der Waals surface area contributed by atoms with E-state index in [1.807, 2.05) is 18.2 Å². The van der Waals surface area contributed by atoms with Gasteiger partial charge in [0.1, 0.15) is 11.6 Å². The van der Waals surface area contributed by atoms with Gasteiger partial charge in [0.2, 0.25) is 0 Å². The van der Waals surface area contributed by atoms with E-state index >= 15 is 0 Å². The number of benzene rings is 2. The Bertz CT molecular complexity index is 621. The highest BCUT2D eigenvalue weighted by molar-refractivity contribution is 9.10. The van der Waals surface area contributed by atoms with Crippen molar-refractivity contribution in [2.24, 2.45) is 0 Å². The van der Waals surface area contributed by atoms with Crippen molar-refractivity contribution in [2.75, 3.05) is 11.9 Å². The fraction of sp³-hybridized carbons (Fsp3) is 0.250. The highest BCUT2D eigenvalue weighted by atomic mass is 79.9. The summed E-state index contributed by atoms with van der Waals surface area (Å²) >= 11 is 9.18. The van der Waals surface area contributed by atoms with Crippen molar-refractivity contribution in [3.05, 3.63) is 57.3 Å². The number of nitrogens with one attached hydrogen (secondary N) is 1. The monoisotopic (exact) mass is 371 g/mol. The molecule has 0 aliphatic carbocycles. The summed E-state index contributed by atoms with van der Waals surface area (Å²) in [5, 5.41) is 3.45. The summed E-state index contributed by atoms with van der Waals surface area (Å²) in [5.74, 6) is 0.440. The van der Waals surface area contributed by atoms with Gasteiger partial charge in [-0.3, -0.25) is 0 Å². The summed E-state index contributed by atoms with van der Waals surface area (Å²) < 4.78 is 20.4. The fourth-order valence-electron chi connectivity index (χ4n) is 1.86. The second-order valence-corrected chi connectivity index (χ2v) is 5.93. The average Bonchev–Trinajstić information content (AvgIpc) is 2.45. The number of hydrogen-bond acceptors (Lipinski definition) is 2. The maximum absolute atomic E-state index is 13.7. The third-order valence-corrected chi connectivity index (χ3v) is 3.61. The summed E-state index contributed by atoms with van der Waals surface area (Å²) in [6, 6.07) is 10.4. The largest absolute Gasteiger partial charge is 0.493 e. The predicted molar refractivity (Wildman–Crippen MR) is 88.7 cm³/mol. The number of hydrogen-bond donors (Lipinski definition) is 1. The van der Waals surface area contributed by atoms with Gasteiger partial charge in [0.05, 0.1) is 12.3 Å². The Labute approximate surface area is 137 Å². The molecule has 0 aliphatic heterocycles. The van der Waals surface area contributed by atoms with Crippen molar-refractivity contribution >= 4 is 33.2 Å². The van der Waals surface area contributed by atoms with Crippen molar-refractivity contribution in [1.29, 1.82) is 0 Å². The van der Waals surface area contributed by atoms with Crippen LogP contribution in [0.15, 0.2) is 40.9 Å². The molecule has 0 aromatic heterocycles. The highest BCUT2D eigenvalue weighted by Crippen LogP contribution is 2.25. The summed E-state index contributed by atoms with van der Waals surface area (Å²) in [4.78, 5) is 0. The van der Waals surface area contributed by atoms with Gasteiger partial charge in [-0.2, -0.15) is 0 Å². The van der Waals surface area contributed by atoms with E-state index < -0.39 is 0 Å². The van der Waals surface area contributed by atoms with Crippen molar-refractivity contribution < 1.29 is 9.13 Å². The van der Waals surface area contributed by atoms with Crippen LogP contribution in [-0.2, 0) is 6.54 Å². The fourth-order valence-corrected chi connectivity index (χ4v) is 2.43. The molecule has 0 fully saturated rings. The van der Waals surface area contributed by atoms with E-state index in [9.17, 15) is 4.39 Å². The molecule has 0 heterocycles. The topological polar surface area (TPSA) is 21.3 Å².